The lowest BCUT2D eigenvalue weighted by Gasteiger charge is -2.15. The van der Waals surface area contributed by atoms with E-state index >= 15 is 0 Å². The molecule has 0 rings (SSSR count). The van der Waals surface area contributed by atoms with E-state index < -0.39 is 8.07 Å². The van der Waals surface area contributed by atoms with Gasteiger partial charge in [-0.3, -0.25) is 0 Å². The summed E-state index contributed by atoms with van der Waals surface area (Å²) in [6, 6.07) is 1.25. The zero-order chi connectivity index (χ0) is 8.20. The van der Waals surface area contributed by atoms with Crippen LogP contribution in [0.4, 0.5) is 0 Å². The molecule has 0 heterocycles. The van der Waals surface area contributed by atoms with Crippen molar-refractivity contribution in [3.63, 3.8) is 0 Å². The standard InChI is InChI=1S/C7H17BrOSi/c1-7(8)9-5-6-10(2,3)4/h7H,5-6H2,1-4H3. The van der Waals surface area contributed by atoms with Crippen molar-refractivity contribution in [3.8, 4) is 0 Å². The third-order valence-corrected chi connectivity index (χ3v) is 3.17. The molecule has 0 N–H and O–H groups in total. The van der Waals surface area contributed by atoms with Crippen molar-refractivity contribution >= 4 is 24.0 Å². The van der Waals surface area contributed by atoms with Crippen LogP contribution in [0.2, 0.25) is 25.7 Å². The second-order valence-corrected chi connectivity index (χ2v) is 10.6. The molecule has 0 saturated heterocycles. The molecular formula is C7H17BrOSi. The fourth-order valence-corrected chi connectivity index (χ4v) is 1.44. The minimum Gasteiger partial charge on any atom is -0.368 e. The third-order valence-electron chi connectivity index (χ3n) is 1.20. The van der Waals surface area contributed by atoms with E-state index in [-0.39, 0.29) is 5.01 Å². The number of ether oxygens (including phenoxy) is 1. The molecule has 1 unspecified atom stereocenters. The van der Waals surface area contributed by atoms with Crippen LogP contribution >= 0.6 is 15.9 Å². The zero-order valence-electron chi connectivity index (χ0n) is 7.28. The summed E-state index contributed by atoms with van der Waals surface area (Å²) in [4.78, 5) is 0. The topological polar surface area (TPSA) is 9.23 Å². The first kappa shape index (κ1) is 10.7. The molecule has 10 heavy (non-hydrogen) atoms. The molecular weight excluding hydrogens is 208 g/mol. The highest BCUT2D eigenvalue weighted by Gasteiger charge is 2.12. The molecule has 0 aliphatic carbocycles. The maximum atomic E-state index is 5.37. The molecule has 3 heteroatoms. The monoisotopic (exact) mass is 224 g/mol. The van der Waals surface area contributed by atoms with E-state index in [9.17, 15) is 0 Å². The molecule has 0 radical (unpaired) electrons. The highest BCUT2D eigenvalue weighted by atomic mass is 79.9. The summed E-state index contributed by atoms with van der Waals surface area (Å²) in [5, 5.41) is 0.212. The zero-order valence-corrected chi connectivity index (χ0v) is 9.86. The minimum absolute atomic E-state index is 0.212. The van der Waals surface area contributed by atoms with Crippen LogP contribution in [0.25, 0.3) is 0 Å². The fraction of sp³-hybridized carbons (Fsp3) is 1.00. The van der Waals surface area contributed by atoms with Crippen LogP contribution < -0.4 is 0 Å². The van der Waals surface area contributed by atoms with Gasteiger partial charge in [-0.05, 0) is 13.0 Å². The van der Waals surface area contributed by atoms with E-state index in [0.717, 1.165) is 6.61 Å². The minimum atomic E-state index is -0.870. The van der Waals surface area contributed by atoms with E-state index in [1.807, 2.05) is 6.92 Å². The first-order chi connectivity index (χ1) is 4.42. The maximum Gasteiger partial charge on any atom is 0.109 e. The lowest BCUT2D eigenvalue weighted by atomic mass is 10.8. The molecule has 0 aromatic carbocycles. The molecule has 0 spiro atoms. The molecule has 0 aliphatic heterocycles. The van der Waals surface area contributed by atoms with E-state index in [2.05, 4.69) is 35.6 Å². The van der Waals surface area contributed by atoms with E-state index in [0.29, 0.717) is 0 Å². The summed E-state index contributed by atoms with van der Waals surface area (Å²) in [5.74, 6) is 0. The Hall–Kier alpha value is 0.657. The van der Waals surface area contributed by atoms with Crippen molar-refractivity contribution in [2.45, 2.75) is 37.6 Å². The van der Waals surface area contributed by atoms with Crippen LogP contribution in [0.5, 0.6) is 0 Å². The summed E-state index contributed by atoms with van der Waals surface area (Å²) in [6.45, 7) is 9.98. The first-order valence-electron chi connectivity index (χ1n) is 3.67. The number of halogens is 1. The lowest BCUT2D eigenvalue weighted by molar-refractivity contribution is 0.141. The average molecular weight is 225 g/mol. The number of hydrogen-bond donors (Lipinski definition) is 0. The highest BCUT2D eigenvalue weighted by molar-refractivity contribution is 9.09. The van der Waals surface area contributed by atoms with Gasteiger partial charge in [0.25, 0.3) is 0 Å². The van der Waals surface area contributed by atoms with Crippen molar-refractivity contribution in [1.82, 2.24) is 0 Å². The Morgan fingerprint density at radius 3 is 2.20 bits per heavy atom. The summed E-state index contributed by atoms with van der Waals surface area (Å²) < 4.78 is 5.37. The van der Waals surface area contributed by atoms with Gasteiger partial charge < -0.3 is 4.74 Å². The molecule has 0 fully saturated rings. The Bertz CT molecular complexity index is 88.1. The van der Waals surface area contributed by atoms with Gasteiger partial charge in [-0.2, -0.15) is 0 Å². The Morgan fingerprint density at radius 1 is 1.40 bits per heavy atom. The normalized spacial score (nSPS) is 15.3. The molecule has 0 aliphatic rings. The van der Waals surface area contributed by atoms with E-state index in [4.69, 9.17) is 4.74 Å². The third kappa shape index (κ3) is 8.66. The molecule has 0 aromatic rings. The van der Waals surface area contributed by atoms with E-state index in [1.165, 1.54) is 6.04 Å². The van der Waals surface area contributed by atoms with Gasteiger partial charge in [0.1, 0.15) is 5.01 Å². The van der Waals surface area contributed by atoms with Gasteiger partial charge >= 0.3 is 0 Å². The number of hydrogen-bond acceptors (Lipinski definition) is 1. The van der Waals surface area contributed by atoms with Crippen LogP contribution in [0.15, 0.2) is 0 Å². The van der Waals surface area contributed by atoms with Crippen molar-refractivity contribution < 1.29 is 4.74 Å². The summed E-state index contributed by atoms with van der Waals surface area (Å²) in [7, 11) is -0.870. The lowest BCUT2D eigenvalue weighted by Crippen LogP contribution is -2.22. The Balaban J connectivity index is 3.21. The van der Waals surface area contributed by atoms with Gasteiger partial charge in [0.2, 0.25) is 0 Å². The van der Waals surface area contributed by atoms with Crippen LogP contribution in [-0.2, 0) is 4.74 Å². The van der Waals surface area contributed by atoms with Crippen molar-refractivity contribution in [1.29, 1.82) is 0 Å². The van der Waals surface area contributed by atoms with Crippen LogP contribution in [-0.4, -0.2) is 19.7 Å². The van der Waals surface area contributed by atoms with Crippen molar-refractivity contribution in [2.75, 3.05) is 6.61 Å². The molecule has 0 amide bonds. The molecule has 0 bridgehead atoms. The van der Waals surface area contributed by atoms with E-state index in [1.54, 1.807) is 0 Å². The summed E-state index contributed by atoms with van der Waals surface area (Å²) in [6.07, 6.45) is 0. The highest BCUT2D eigenvalue weighted by Crippen LogP contribution is 2.09. The Morgan fingerprint density at radius 2 is 1.90 bits per heavy atom. The average Bonchev–Trinajstić information content (AvgIpc) is 1.59. The van der Waals surface area contributed by atoms with Crippen LogP contribution in [0.3, 0.4) is 0 Å². The van der Waals surface area contributed by atoms with Crippen molar-refractivity contribution in [2.24, 2.45) is 0 Å². The second-order valence-electron chi connectivity index (χ2n) is 3.72. The van der Waals surface area contributed by atoms with Gasteiger partial charge in [0.05, 0.1) is 0 Å². The predicted molar refractivity (Wildman–Crippen MR) is 52.5 cm³/mol. The smallest absolute Gasteiger partial charge is 0.109 e. The second kappa shape index (κ2) is 4.52. The predicted octanol–water partition coefficient (Wildman–Crippen LogP) is 3.08. The molecule has 62 valence electrons. The number of alkyl halides is 1. The first-order valence-corrected chi connectivity index (χ1v) is 8.30. The molecule has 1 atom stereocenters. The Labute approximate surface area is 73.3 Å². The van der Waals surface area contributed by atoms with Gasteiger partial charge in [-0.25, -0.2) is 0 Å². The molecule has 0 saturated carbocycles. The van der Waals surface area contributed by atoms with Crippen LogP contribution in [0, 0.1) is 0 Å². The van der Waals surface area contributed by atoms with Gasteiger partial charge in [-0.1, -0.05) is 35.6 Å². The largest absolute Gasteiger partial charge is 0.368 e. The summed E-state index contributed by atoms with van der Waals surface area (Å²) >= 11 is 3.34. The Kier molecular flexibility index (Phi) is 4.81. The molecule has 0 aromatic heterocycles. The maximum absolute atomic E-state index is 5.37. The molecule has 1 nitrogen and oxygen atoms in total. The van der Waals surface area contributed by atoms with Gasteiger partial charge in [0.15, 0.2) is 0 Å². The van der Waals surface area contributed by atoms with Crippen molar-refractivity contribution in [3.05, 3.63) is 0 Å². The summed E-state index contributed by atoms with van der Waals surface area (Å²) in [5.41, 5.74) is 0. The SMILES string of the molecule is CC(Br)OCC[Si](C)(C)C. The quantitative estimate of drug-likeness (QED) is 0.527. The van der Waals surface area contributed by atoms with Gasteiger partial charge in [-0.15, -0.1) is 0 Å². The van der Waals surface area contributed by atoms with Gasteiger partial charge in [0, 0.05) is 14.7 Å². The van der Waals surface area contributed by atoms with Crippen LogP contribution in [0.1, 0.15) is 6.92 Å². The number of rotatable bonds is 4. The fourth-order valence-electron chi connectivity index (χ4n) is 0.528.